The number of aryl methyl sites for hydroxylation is 1. The number of nitrogens with zero attached hydrogens (tertiary/aromatic N) is 4. The zero-order valence-corrected chi connectivity index (χ0v) is 10.8. The van der Waals surface area contributed by atoms with Crippen LogP contribution in [-0.4, -0.2) is 31.5 Å². The minimum Gasteiger partial charge on any atom is -0.337 e. The van der Waals surface area contributed by atoms with Crippen molar-refractivity contribution in [2.45, 2.75) is 19.9 Å². The molecular weight excluding hydrogens is 240 g/mol. The van der Waals surface area contributed by atoms with Crippen molar-refractivity contribution in [3.63, 3.8) is 0 Å². The van der Waals surface area contributed by atoms with Crippen LogP contribution in [0.25, 0.3) is 22.6 Å². The minimum absolute atomic E-state index is 0.544. The number of nitrogens with two attached hydrogens (primary N) is 1. The molecule has 0 amide bonds. The first kappa shape index (κ1) is 11.9. The number of nitrogens with one attached hydrogen (secondary N) is 1. The van der Waals surface area contributed by atoms with Crippen LogP contribution < -0.4 is 5.73 Å². The largest absolute Gasteiger partial charge is 0.337 e. The Hall–Kier alpha value is -2.21. The van der Waals surface area contributed by atoms with E-state index in [4.69, 9.17) is 5.73 Å². The number of hydrogen-bond acceptors (Lipinski definition) is 4. The topological polar surface area (TPSA) is 85.4 Å². The Morgan fingerprint density at radius 3 is 3.05 bits per heavy atom. The average molecular weight is 256 g/mol. The van der Waals surface area contributed by atoms with Gasteiger partial charge >= 0.3 is 0 Å². The number of H-pyrrole nitrogens is 1. The molecule has 3 aromatic rings. The molecule has 1 aromatic carbocycles. The Balaban J connectivity index is 1.99. The van der Waals surface area contributed by atoms with Crippen molar-refractivity contribution in [3.8, 4) is 11.5 Å². The van der Waals surface area contributed by atoms with E-state index in [0.29, 0.717) is 13.1 Å². The van der Waals surface area contributed by atoms with Gasteiger partial charge in [-0.15, -0.1) is 5.10 Å². The number of aromatic nitrogens is 5. The Morgan fingerprint density at radius 1 is 1.37 bits per heavy atom. The van der Waals surface area contributed by atoms with Crippen LogP contribution in [0, 0.1) is 0 Å². The molecule has 6 heteroatoms. The lowest BCUT2D eigenvalue weighted by Gasteiger charge is -1.93. The van der Waals surface area contributed by atoms with E-state index in [-0.39, 0.29) is 0 Å². The van der Waals surface area contributed by atoms with Gasteiger partial charge in [0.15, 0.2) is 5.82 Å². The predicted octanol–water partition coefficient (Wildman–Crippen LogP) is 1.34. The van der Waals surface area contributed by atoms with Crippen LogP contribution in [0.5, 0.6) is 0 Å². The summed E-state index contributed by atoms with van der Waals surface area (Å²) in [6, 6.07) is 6.24. The second-order valence-electron chi connectivity index (χ2n) is 4.45. The molecule has 3 rings (SSSR count). The van der Waals surface area contributed by atoms with E-state index in [9.17, 15) is 0 Å². The van der Waals surface area contributed by atoms with Crippen molar-refractivity contribution >= 4 is 11.0 Å². The third kappa shape index (κ3) is 2.22. The van der Waals surface area contributed by atoms with Gasteiger partial charge in [0.2, 0.25) is 0 Å². The van der Waals surface area contributed by atoms with Crippen molar-refractivity contribution in [3.05, 3.63) is 30.0 Å². The number of rotatable bonds is 4. The highest BCUT2D eigenvalue weighted by molar-refractivity contribution is 5.79. The van der Waals surface area contributed by atoms with E-state index in [0.717, 1.165) is 29.0 Å². The molecule has 0 saturated heterocycles. The summed E-state index contributed by atoms with van der Waals surface area (Å²) in [6.07, 6.45) is 2.86. The first-order valence-corrected chi connectivity index (χ1v) is 6.39. The van der Waals surface area contributed by atoms with E-state index >= 15 is 0 Å². The molecule has 0 bridgehead atoms. The van der Waals surface area contributed by atoms with Crippen LogP contribution in [-0.2, 0) is 13.0 Å². The van der Waals surface area contributed by atoms with Gasteiger partial charge in [0.25, 0.3) is 0 Å². The summed E-state index contributed by atoms with van der Waals surface area (Å²) in [5.41, 5.74) is 9.49. The fourth-order valence-corrected chi connectivity index (χ4v) is 2.05. The first-order valence-electron chi connectivity index (χ1n) is 6.39. The van der Waals surface area contributed by atoms with E-state index in [2.05, 4.69) is 39.3 Å². The van der Waals surface area contributed by atoms with Gasteiger partial charge in [0, 0.05) is 6.54 Å². The van der Waals surface area contributed by atoms with E-state index in [1.54, 1.807) is 4.68 Å². The highest BCUT2D eigenvalue weighted by Gasteiger charge is 2.09. The summed E-state index contributed by atoms with van der Waals surface area (Å²) in [6.45, 7) is 3.34. The third-order valence-electron chi connectivity index (χ3n) is 3.09. The normalized spacial score (nSPS) is 11.3. The highest BCUT2D eigenvalue weighted by atomic mass is 15.4. The number of imidazole rings is 1. The summed E-state index contributed by atoms with van der Waals surface area (Å²) < 4.78 is 1.72. The third-order valence-corrected chi connectivity index (χ3v) is 3.09. The Morgan fingerprint density at radius 2 is 2.26 bits per heavy atom. The second-order valence-corrected chi connectivity index (χ2v) is 4.45. The molecule has 0 fully saturated rings. The molecule has 0 spiro atoms. The molecule has 98 valence electrons. The zero-order valence-electron chi connectivity index (χ0n) is 10.8. The van der Waals surface area contributed by atoms with Gasteiger partial charge in [-0.3, -0.25) is 4.68 Å². The Labute approximate surface area is 110 Å². The molecular formula is C13H16N6. The molecule has 0 aliphatic heterocycles. The summed E-state index contributed by atoms with van der Waals surface area (Å²) >= 11 is 0. The van der Waals surface area contributed by atoms with E-state index in [1.165, 1.54) is 5.56 Å². The maximum atomic E-state index is 5.49. The molecule has 0 atom stereocenters. The number of hydrogen-bond donors (Lipinski definition) is 2. The summed E-state index contributed by atoms with van der Waals surface area (Å²) in [7, 11) is 0. The van der Waals surface area contributed by atoms with Gasteiger partial charge in [-0.05, 0) is 24.1 Å². The highest BCUT2D eigenvalue weighted by Crippen LogP contribution is 2.19. The van der Waals surface area contributed by atoms with Crippen LogP contribution >= 0.6 is 0 Å². The van der Waals surface area contributed by atoms with Crippen molar-refractivity contribution < 1.29 is 0 Å². The van der Waals surface area contributed by atoms with Crippen molar-refractivity contribution in [1.29, 1.82) is 0 Å². The molecule has 0 aliphatic rings. The lowest BCUT2D eigenvalue weighted by atomic mass is 10.1. The minimum atomic E-state index is 0.544. The molecule has 0 saturated carbocycles. The van der Waals surface area contributed by atoms with Crippen LogP contribution in [0.4, 0.5) is 0 Å². The summed E-state index contributed by atoms with van der Waals surface area (Å²) in [5, 5.41) is 8.12. The standard InChI is InChI=1S/C13H16N6/c1-2-9-3-4-10-11(7-9)16-13(15-10)12-8-19(6-5-14)18-17-12/h3-4,7-8H,2,5-6,14H2,1H3,(H,15,16). The van der Waals surface area contributed by atoms with Crippen LogP contribution in [0.3, 0.4) is 0 Å². The SMILES string of the molecule is CCc1ccc2nc(-c3cn(CCN)nn3)[nH]c2c1. The molecule has 0 unspecified atom stereocenters. The van der Waals surface area contributed by atoms with Crippen molar-refractivity contribution in [2.75, 3.05) is 6.54 Å². The molecule has 6 nitrogen and oxygen atoms in total. The lowest BCUT2D eigenvalue weighted by molar-refractivity contribution is 0.598. The quantitative estimate of drug-likeness (QED) is 0.737. The monoisotopic (exact) mass is 256 g/mol. The van der Waals surface area contributed by atoms with E-state index in [1.807, 2.05) is 12.3 Å². The fourth-order valence-electron chi connectivity index (χ4n) is 2.05. The van der Waals surface area contributed by atoms with Gasteiger partial charge in [0.05, 0.1) is 23.8 Å². The van der Waals surface area contributed by atoms with Crippen LogP contribution in [0.15, 0.2) is 24.4 Å². The van der Waals surface area contributed by atoms with Crippen LogP contribution in [0.2, 0.25) is 0 Å². The van der Waals surface area contributed by atoms with Gasteiger partial charge in [-0.25, -0.2) is 4.98 Å². The first-order chi connectivity index (χ1) is 9.30. The maximum absolute atomic E-state index is 5.49. The molecule has 0 aliphatic carbocycles. The smallest absolute Gasteiger partial charge is 0.160 e. The second kappa shape index (κ2) is 4.81. The van der Waals surface area contributed by atoms with Crippen molar-refractivity contribution in [2.24, 2.45) is 5.73 Å². The number of benzene rings is 1. The zero-order chi connectivity index (χ0) is 13.2. The molecule has 3 N–H and O–H groups in total. The summed E-state index contributed by atoms with van der Waals surface area (Å²) in [5.74, 6) is 0.742. The van der Waals surface area contributed by atoms with Gasteiger partial charge in [0.1, 0.15) is 5.69 Å². The molecule has 2 heterocycles. The van der Waals surface area contributed by atoms with E-state index < -0.39 is 0 Å². The lowest BCUT2D eigenvalue weighted by Crippen LogP contribution is -2.10. The number of fused-ring (bicyclic) bond motifs is 1. The number of aromatic amines is 1. The predicted molar refractivity (Wildman–Crippen MR) is 73.5 cm³/mol. The summed E-state index contributed by atoms with van der Waals surface area (Å²) in [4.78, 5) is 7.81. The van der Waals surface area contributed by atoms with Gasteiger partial charge in [-0.1, -0.05) is 18.2 Å². The molecule has 0 radical (unpaired) electrons. The Bertz CT molecular complexity index is 696. The average Bonchev–Trinajstić information content (AvgIpc) is 3.03. The Kier molecular flexibility index (Phi) is 3.00. The fraction of sp³-hybridized carbons (Fsp3) is 0.308. The molecule has 2 aromatic heterocycles. The maximum Gasteiger partial charge on any atom is 0.160 e. The van der Waals surface area contributed by atoms with Gasteiger partial charge in [-0.2, -0.15) is 0 Å². The van der Waals surface area contributed by atoms with Crippen LogP contribution in [0.1, 0.15) is 12.5 Å². The molecule has 19 heavy (non-hydrogen) atoms. The van der Waals surface area contributed by atoms with Crippen molar-refractivity contribution in [1.82, 2.24) is 25.0 Å². The van der Waals surface area contributed by atoms with Gasteiger partial charge < -0.3 is 10.7 Å².